The summed E-state index contributed by atoms with van der Waals surface area (Å²) in [5.41, 5.74) is 6.64. The molecular formula is C26H29F3N6O3. The van der Waals surface area contributed by atoms with Gasteiger partial charge in [0.1, 0.15) is 11.3 Å². The Morgan fingerprint density at radius 3 is 2.55 bits per heavy atom. The standard InChI is InChI=1S/C24H28N6O.C2HF3O2/c1-2-6-17(5-1)30-16-26-24-21(13-18(14-22(24)30)29-9-11-31-12-10-29)25-15-23-27-19-7-3-4-8-20(19)28-23;3-2(4,5)1(6)7/h3-4,7-8,13-14,16-17,25H,1-2,5-6,9-12,15H2,(H,27,28);(H,6,7). The molecule has 1 aliphatic heterocycles. The quantitative estimate of drug-likeness (QED) is 0.329. The van der Waals surface area contributed by atoms with Gasteiger partial charge in [-0.25, -0.2) is 14.8 Å². The first-order chi connectivity index (χ1) is 18.3. The lowest BCUT2D eigenvalue weighted by molar-refractivity contribution is -0.192. The van der Waals surface area contributed by atoms with Gasteiger partial charge in [0.05, 0.1) is 48.3 Å². The molecule has 1 aliphatic carbocycles. The summed E-state index contributed by atoms with van der Waals surface area (Å²) < 4.78 is 39.7. The van der Waals surface area contributed by atoms with Crippen LogP contribution in [-0.4, -0.2) is 63.1 Å². The largest absolute Gasteiger partial charge is 0.490 e. The third kappa shape index (κ3) is 5.69. The molecule has 3 N–H and O–H groups in total. The monoisotopic (exact) mass is 530 g/mol. The molecule has 2 aromatic carbocycles. The van der Waals surface area contributed by atoms with Gasteiger partial charge in [0.25, 0.3) is 0 Å². The fourth-order valence-electron chi connectivity index (χ4n) is 5.00. The second kappa shape index (κ2) is 10.9. The maximum Gasteiger partial charge on any atom is 0.490 e. The molecule has 0 unspecified atom stereocenters. The van der Waals surface area contributed by atoms with Crippen molar-refractivity contribution in [3.63, 3.8) is 0 Å². The average Bonchev–Trinajstić information content (AvgIpc) is 3.66. The molecule has 0 spiro atoms. The second-order valence-electron chi connectivity index (χ2n) is 9.41. The van der Waals surface area contributed by atoms with E-state index in [-0.39, 0.29) is 0 Å². The number of fused-ring (bicyclic) bond motifs is 2. The van der Waals surface area contributed by atoms with Gasteiger partial charge in [-0.1, -0.05) is 25.0 Å². The number of para-hydroxylation sites is 2. The van der Waals surface area contributed by atoms with E-state index in [1.807, 2.05) is 24.5 Å². The zero-order valence-corrected chi connectivity index (χ0v) is 20.7. The number of hydrogen-bond donors (Lipinski definition) is 3. The fourth-order valence-corrected chi connectivity index (χ4v) is 5.00. The van der Waals surface area contributed by atoms with Crippen LogP contribution in [0.15, 0.2) is 42.7 Å². The van der Waals surface area contributed by atoms with E-state index in [0.29, 0.717) is 12.6 Å². The molecule has 1 saturated heterocycles. The molecular weight excluding hydrogens is 501 g/mol. The minimum absolute atomic E-state index is 0.563. The van der Waals surface area contributed by atoms with E-state index in [0.717, 1.165) is 54.4 Å². The molecule has 4 aromatic rings. The van der Waals surface area contributed by atoms with Crippen LogP contribution in [-0.2, 0) is 16.1 Å². The van der Waals surface area contributed by atoms with E-state index in [9.17, 15) is 13.2 Å². The summed E-state index contributed by atoms with van der Waals surface area (Å²) in [6.07, 6.45) is 2.06. The number of benzene rings is 2. The van der Waals surface area contributed by atoms with Crippen molar-refractivity contribution >= 4 is 39.4 Å². The summed E-state index contributed by atoms with van der Waals surface area (Å²) in [6.45, 7) is 4.04. The van der Waals surface area contributed by atoms with Gasteiger partial charge < -0.3 is 29.6 Å². The van der Waals surface area contributed by atoms with E-state index >= 15 is 0 Å². The summed E-state index contributed by atoms with van der Waals surface area (Å²) in [6, 6.07) is 13.3. The van der Waals surface area contributed by atoms with E-state index in [4.69, 9.17) is 24.6 Å². The average molecular weight is 531 g/mol. The third-order valence-corrected chi connectivity index (χ3v) is 6.89. The van der Waals surface area contributed by atoms with E-state index < -0.39 is 12.1 Å². The number of imidazole rings is 2. The summed E-state index contributed by atoms with van der Waals surface area (Å²) >= 11 is 0. The van der Waals surface area contributed by atoms with Gasteiger partial charge in [-0.2, -0.15) is 13.2 Å². The number of nitrogens with one attached hydrogen (secondary N) is 2. The van der Waals surface area contributed by atoms with Crippen molar-refractivity contribution in [1.29, 1.82) is 0 Å². The molecule has 1 saturated carbocycles. The topological polar surface area (TPSA) is 108 Å². The zero-order chi connectivity index (χ0) is 26.7. The molecule has 2 fully saturated rings. The highest BCUT2D eigenvalue weighted by Crippen LogP contribution is 2.36. The number of aromatic amines is 1. The van der Waals surface area contributed by atoms with Crippen LogP contribution < -0.4 is 10.2 Å². The number of carboxylic acid groups (broad SMARTS) is 1. The number of nitrogens with zero attached hydrogens (tertiary/aromatic N) is 4. The van der Waals surface area contributed by atoms with Crippen molar-refractivity contribution in [3.8, 4) is 0 Å². The minimum Gasteiger partial charge on any atom is -0.475 e. The highest BCUT2D eigenvalue weighted by molar-refractivity contribution is 5.92. The molecule has 0 bridgehead atoms. The van der Waals surface area contributed by atoms with Crippen molar-refractivity contribution < 1.29 is 27.8 Å². The highest BCUT2D eigenvalue weighted by atomic mass is 19.4. The number of alkyl halides is 3. The van der Waals surface area contributed by atoms with Crippen molar-refractivity contribution in [1.82, 2.24) is 19.5 Å². The zero-order valence-electron chi connectivity index (χ0n) is 20.7. The van der Waals surface area contributed by atoms with E-state index in [1.165, 1.54) is 36.9 Å². The Kier molecular flexibility index (Phi) is 7.41. The van der Waals surface area contributed by atoms with Crippen molar-refractivity contribution in [3.05, 3.63) is 48.5 Å². The first-order valence-electron chi connectivity index (χ1n) is 12.6. The Hall–Kier alpha value is -3.80. The molecule has 6 rings (SSSR count). The minimum atomic E-state index is -5.08. The van der Waals surface area contributed by atoms with Crippen LogP contribution in [0.25, 0.3) is 22.1 Å². The first kappa shape index (κ1) is 25.8. The maximum absolute atomic E-state index is 10.6. The maximum atomic E-state index is 10.6. The van der Waals surface area contributed by atoms with Crippen molar-refractivity contribution in [2.24, 2.45) is 0 Å². The molecule has 202 valence electrons. The molecule has 2 aliphatic rings. The lowest BCUT2D eigenvalue weighted by Gasteiger charge is -2.29. The van der Waals surface area contributed by atoms with Crippen molar-refractivity contribution in [2.45, 2.75) is 44.4 Å². The van der Waals surface area contributed by atoms with Gasteiger partial charge >= 0.3 is 12.1 Å². The fraction of sp³-hybridized carbons (Fsp3) is 0.423. The number of hydrogen-bond acceptors (Lipinski definition) is 6. The van der Waals surface area contributed by atoms with Crippen LogP contribution in [0, 0.1) is 0 Å². The van der Waals surface area contributed by atoms with Crippen LogP contribution in [0.5, 0.6) is 0 Å². The number of aliphatic carboxylic acids is 1. The number of rotatable bonds is 5. The summed E-state index contributed by atoms with van der Waals surface area (Å²) in [5.74, 6) is -1.83. The lowest BCUT2D eigenvalue weighted by atomic mass is 10.2. The molecule has 9 nitrogen and oxygen atoms in total. The number of halogens is 3. The molecule has 0 amide bonds. The number of anilines is 2. The summed E-state index contributed by atoms with van der Waals surface area (Å²) in [5, 5.41) is 10.7. The Balaban J connectivity index is 0.000000374. The number of aromatic nitrogens is 4. The normalized spacial score (nSPS) is 16.6. The van der Waals surface area contributed by atoms with Crippen LogP contribution in [0.2, 0.25) is 0 Å². The van der Waals surface area contributed by atoms with Crippen LogP contribution in [0.1, 0.15) is 37.5 Å². The number of H-pyrrole nitrogens is 1. The van der Waals surface area contributed by atoms with Gasteiger partial charge in [0, 0.05) is 24.8 Å². The molecule has 0 atom stereocenters. The van der Waals surface area contributed by atoms with Crippen LogP contribution in [0.3, 0.4) is 0 Å². The number of carboxylic acids is 1. The molecule has 2 aromatic heterocycles. The van der Waals surface area contributed by atoms with Gasteiger partial charge in [-0.05, 0) is 37.1 Å². The van der Waals surface area contributed by atoms with E-state index in [2.05, 4.69) is 38.0 Å². The summed E-state index contributed by atoms with van der Waals surface area (Å²) in [4.78, 5) is 24.3. The second-order valence-corrected chi connectivity index (χ2v) is 9.41. The first-order valence-corrected chi connectivity index (χ1v) is 12.6. The summed E-state index contributed by atoms with van der Waals surface area (Å²) in [7, 11) is 0. The molecule has 3 heterocycles. The van der Waals surface area contributed by atoms with Crippen LogP contribution in [0.4, 0.5) is 24.5 Å². The van der Waals surface area contributed by atoms with Gasteiger partial charge in [0.15, 0.2) is 0 Å². The molecule has 12 heteroatoms. The number of morpholine rings is 1. The molecule has 0 radical (unpaired) electrons. The third-order valence-electron chi connectivity index (χ3n) is 6.89. The Morgan fingerprint density at radius 1 is 1.16 bits per heavy atom. The number of carbonyl (C=O) groups is 1. The van der Waals surface area contributed by atoms with Crippen molar-refractivity contribution in [2.75, 3.05) is 36.5 Å². The highest BCUT2D eigenvalue weighted by Gasteiger charge is 2.38. The molecule has 38 heavy (non-hydrogen) atoms. The van der Waals surface area contributed by atoms with Gasteiger partial charge in [-0.15, -0.1) is 0 Å². The Morgan fingerprint density at radius 2 is 1.87 bits per heavy atom. The smallest absolute Gasteiger partial charge is 0.475 e. The lowest BCUT2D eigenvalue weighted by Crippen LogP contribution is -2.36. The number of ether oxygens (including phenoxy) is 1. The van der Waals surface area contributed by atoms with E-state index in [1.54, 1.807) is 0 Å². The predicted molar refractivity (Wildman–Crippen MR) is 137 cm³/mol. The predicted octanol–water partition coefficient (Wildman–Crippen LogP) is 5.11. The van der Waals surface area contributed by atoms with Gasteiger partial charge in [0.2, 0.25) is 0 Å². The van der Waals surface area contributed by atoms with Crippen LogP contribution >= 0.6 is 0 Å². The SMILES string of the molecule is O=C(O)C(F)(F)F.c1ccc2[nH]c(CNc3cc(N4CCOCC4)cc4c3ncn4C3CCCC3)nc2c1. The Labute approximate surface area is 216 Å². The van der Waals surface area contributed by atoms with Gasteiger partial charge in [-0.3, -0.25) is 0 Å². The Bertz CT molecular complexity index is 1370.